The lowest BCUT2D eigenvalue weighted by Crippen LogP contribution is -2.15. The Balaban J connectivity index is 0.000000295. The van der Waals surface area contributed by atoms with Gasteiger partial charge in [0.25, 0.3) is 11.8 Å². The number of amides is 3. The third kappa shape index (κ3) is 7.57. The lowest BCUT2D eigenvalue weighted by molar-refractivity contribution is -0.115. The zero-order valence-electron chi connectivity index (χ0n) is 27.4. The first-order valence-corrected chi connectivity index (χ1v) is 16.5. The summed E-state index contributed by atoms with van der Waals surface area (Å²) in [6, 6.07) is 39.7. The molecule has 12 nitrogen and oxygen atoms in total. The molecule has 0 atom stereocenters. The number of H-pyrrole nitrogens is 3. The van der Waals surface area contributed by atoms with E-state index in [0.29, 0.717) is 44.7 Å². The molecule has 0 saturated heterocycles. The van der Waals surface area contributed by atoms with E-state index >= 15 is 0 Å². The molecule has 3 aromatic heterocycles. The lowest BCUT2D eigenvalue weighted by atomic mass is 10.0. The van der Waals surface area contributed by atoms with Gasteiger partial charge in [-0.15, -0.1) is 5.10 Å². The summed E-state index contributed by atoms with van der Waals surface area (Å²) in [5.74, 6) is -0.588. The molecular weight excluding hydrogens is 678 g/mol. The van der Waals surface area contributed by atoms with Gasteiger partial charge in [-0.3, -0.25) is 14.4 Å². The summed E-state index contributed by atoms with van der Waals surface area (Å²) in [7, 11) is 0. The first-order chi connectivity index (χ1) is 25.3. The number of halogens is 1. The Hall–Kier alpha value is -7.05. The van der Waals surface area contributed by atoms with Crippen molar-refractivity contribution in [2.45, 2.75) is 6.42 Å². The van der Waals surface area contributed by atoms with Crippen molar-refractivity contribution in [3.05, 3.63) is 149 Å². The smallest absolute Gasteiger partial charge is 0.272 e. The van der Waals surface area contributed by atoms with Gasteiger partial charge >= 0.3 is 0 Å². The predicted molar refractivity (Wildman–Crippen MR) is 202 cm³/mol. The number of fused-ring (bicyclic) bond motifs is 2. The van der Waals surface area contributed by atoms with Crippen LogP contribution in [-0.2, 0) is 11.2 Å². The molecule has 3 heterocycles. The zero-order chi connectivity index (χ0) is 36.0. The van der Waals surface area contributed by atoms with E-state index in [2.05, 4.69) is 53.4 Å². The van der Waals surface area contributed by atoms with E-state index in [-0.39, 0.29) is 18.2 Å². The Labute approximate surface area is 301 Å². The molecule has 0 aliphatic heterocycles. The molecule has 13 heteroatoms. The second-order valence-electron chi connectivity index (χ2n) is 11.8. The fourth-order valence-electron chi connectivity index (χ4n) is 5.70. The molecule has 0 unspecified atom stereocenters. The van der Waals surface area contributed by atoms with Gasteiger partial charge in [-0.25, -0.2) is 5.10 Å². The van der Waals surface area contributed by atoms with E-state index < -0.39 is 5.91 Å². The van der Waals surface area contributed by atoms with Gasteiger partial charge in [0.1, 0.15) is 11.4 Å². The molecule has 0 saturated carbocycles. The van der Waals surface area contributed by atoms with Crippen molar-refractivity contribution in [1.82, 2.24) is 30.6 Å². The Morgan fingerprint density at radius 1 is 0.692 bits per heavy atom. The first kappa shape index (κ1) is 33.4. The number of nitrogens with two attached hydrogens (primary N) is 1. The van der Waals surface area contributed by atoms with Crippen molar-refractivity contribution >= 4 is 62.5 Å². The summed E-state index contributed by atoms with van der Waals surface area (Å²) in [4.78, 5) is 42.9. The van der Waals surface area contributed by atoms with Crippen LogP contribution in [0.5, 0.6) is 0 Å². The van der Waals surface area contributed by atoms with Crippen LogP contribution in [0.1, 0.15) is 26.5 Å². The number of rotatable bonds is 8. The molecule has 8 rings (SSSR count). The van der Waals surface area contributed by atoms with E-state index in [9.17, 15) is 14.4 Å². The van der Waals surface area contributed by atoms with Gasteiger partial charge in [-0.2, -0.15) is 0 Å². The van der Waals surface area contributed by atoms with Crippen molar-refractivity contribution in [3.8, 4) is 22.5 Å². The fraction of sp³-hybridized carbons (Fsp3) is 0.0256. The highest BCUT2D eigenvalue weighted by atomic mass is 35.5. The van der Waals surface area contributed by atoms with E-state index in [1.807, 2.05) is 78.9 Å². The van der Waals surface area contributed by atoms with Gasteiger partial charge in [0.05, 0.1) is 23.3 Å². The minimum Gasteiger partial charge on any atom is -0.364 e. The molecule has 0 aliphatic rings. The monoisotopic (exact) mass is 707 g/mol. The van der Waals surface area contributed by atoms with Crippen LogP contribution in [0.3, 0.4) is 0 Å². The molecule has 0 fully saturated rings. The number of aromatic nitrogens is 6. The Morgan fingerprint density at radius 2 is 1.42 bits per heavy atom. The van der Waals surface area contributed by atoms with Crippen molar-refractivity contribution in [1.29, 1.82) is 0 Å². The molecule has 0 radical (unpaired) electrons. The zero-order valence-corrected chi connectivity index (χ0v) is 28.1. The third-order valence-corrected chi connectivity index (χ3v) is 8.46. The largest absolute Gasteiger partial charge is 0.364 e. The molecule has 0 spiro atoms. The summed E-state index contributed by atoms with van der Waals surface area (Å²) in [5, 5.41) is 21.9. The number of carbonyl (C=O) groups is 3. The minimum absolute atomic E-state index is 0.160. The quantitative estimate of drug-likeness (QED) is 0.0956. The van der Waals surface area contributed by atoms with Gasteiger partial charge in [0, 0.05) is 26.9 Å². The molecule has 7 N–H and O–H groups in total. The first-order valence-electron chi connectivity index (χ1n) is 16.1. The van der Waals surface area contributed by atoms with Crippen molar-refractivity contribution in [2.75, 3.05) is 10.6 Å². The van der Waals surface area contributed by atoms with Crippen LogP contribution in [0.2, 0.25) is 5.02 Å². The number of para-hydroxylation sites is 2. The highest BCUT2D eigenvalue weighted by molar-refractivity contribution is 6.31. The average Bonchev–Trinajstić information content (AvgIpc) is 3.94. The number of benzene rings is 5. The van der Waals surface area contributed by atoms with Crippen LogP contribution in [0.4, 0.5) is 11.4 Å². The summed E-state index contributed by atoms with van der Waals surface area (Å²) in [5.41, 5.74) is 12.2. The Kier molecular flexibility index (Phi) is 9.54. The SMILES string of the molecule is NC(=O)c1cc2ccccc2[nH]1.O=C(Cc1ccc(-c2ccccc2)cc1)Nc1cccc2cc(C(=O)Nc3ccc(Cl)cc3-c3nnn[nH]3)[nH]c12. The van der Waals surface area contributed by atoms with Gasteiger partial charge in [0.15, 0.2) is 5.82 Å². The standard InChI is InChI=1S/C30H22ClN7O2.C9H8N2O/c31-22-13-14-24(23(17-22)29-35-37-38-36-29)34-30(40)26-16-21-7-4-8-25(28(21)33-26)32-27(39)15-18-9-11-20(12-10-18)19-5-2-1-3-6-19;10-9(12)8-5-6-3-1-2-4-7(6)11-8/h1-14,16-17,33H,15H2,(H,32,39)(H,34,40)(H,35,36,37,38);1-5,11H,(H2,10,12). The third-order valence-electron chi connectivity index (χ3n) is 8.23. The summed E-state index contributed by atoms with van der Waals surface area (Å²) < 4.78 is 0. The van der Waals surface area contributed by atoms with E-state index in [1.54, 1.807) is 36.4 Å². The van der Waals surface area contributed by atoms with Crippen molar-refractivity contribution in [3.63, 3.8) is 0 Å². The topological polar surface area (TPSA) is 187 Å². The number of carbonyl (C=O) groups excluding carboxylic acids is 3. The number of anilines is 2. The van der Waals surface area contributed by atoms with Gasteiger partial charge < -0.3 is 26.3 Å². The molecule has 3 amide bonds. The molecule has 256 valence electrons. The van der Waals surface area contributed by atoms with Crippen LogP contribution in [-0.4, -0.2) is 48.3 Å². The van der Waals surface area contributed by atoms with Gasteiger partial charge in [-0.05, 0) is 69.6 Å². The second kappa shape index (κ2) is 14.8. The van der Waals surface area contributed by atoms with E-state index in [4.69, 9.17) is 17.3 Å². The van der Waals surface area contributed by atoms with E-state index in [0.717, 1.165) is 33.0 Å². The summed E-state index contributed by atoms with van der Waals surface area (Å²) >= 11 is 6.15. The number of hydrogen-bond donors (Lipinski definition) is 6. The predicted octanol–water partition coefficient (Wildman–Crippen LogP) is 7.37. The highest BCUT2D eigenvalue weighted by Gasteiger charge is 2.17. The van der Waals surface area contributed by atoms with Crippen LogP contribution in [0.25, 0.3) is 44.3 Å². The number of primary amides is 1. The van der Waals surface area contributed by atoms with Crippen LogP contribution in [0, 0.1) is 0 Å². The van der Waals surface area contributed by atoms with Crippen molar-refractivity contribution in [2.24, 2.45) is 5.73 Å². The average molecular weight is 708 g/mol. The minimum atomic E-state index is -0.425. The molecule has 52 heavy (non-hydrogen) atoms. The maximum Gasteiger partial charge on any atom is 0.272 e. The maximum absolute atomic E-state index is 13.2. The van der Waals surface area contributed by atoms with Crippen LogP contribution >= 0.6 is 11.6 Å². The Bertz CT molecular complexity index is 2490. The molecule has 0 bridgehead atoms. The van der Waals surface area contributed by atoms with Gasteiger partial charge in [-0.1, -0.05) is 96.5 Å². The Morgan fingerprint density at radius 3 is 2.17 bits per heavy atom. The lowest BCUT2D eigenvalue weighted by Gasteiger charge is -2.09. The normalized spacial score (nSPS) is 10.8. The number of nitrogens with zero attached hydrogens (tertiary/aromatic N) is 3. The number of hydrogen-bond acceptors (Lipinski definition) is 6. The van der Waals surface area contributed by atoms with E-state index in [1.165, 1.54) is 0 Å². The maximum atomic E-state index is 13.2. The molecular formula is C39H30ClN9O3. The number of aromatic amines is 3. The van der Waals surface area contributed by atoms with Crippen molar-refractivity contribution < 1.29 is 14.4 Å². The summed E-state index contributed by atoms with van der Waals surface area (Å²) in [6.07, 6.45) is 0.218. The number of nitrogens with one attached hydrogen (secondary N) is 5. The second-order valence-corrected chi connectivity index (χ2v) is 12.2. The van der Waals surface area contributed by atoms with Crippen LogP contribution in [0.15, 0.2) is 127 Å². The molecule has 5 aromatic carbocycles. The van der Waals surface area contributed by atoms with Crippen LogP contribution < -0.4 is 16.4 Å². The molecule has 8 aromatic rings. The highest BCUT2D eigenvalue weighted by Crippen LogP contribution is 2.30. The fourth-order valence-corrected chi connectivity index (χ4v) is 5.87. The number of tetrazole rings is 1. The molecule has 0 aliphatic carbocycles. The summed E-state index contributed by atoms with van der Waals surface area (Å²) in [6.45, 7) is 0. The van der Waals surface area contributed by atoms with Gasteiger partial charge in [0.2, 0.25) is 5.91 Å².